The molecule has 3 N–H and O–H groups in total. The predicted octanol–water partition coefficient (Wildman–Crippen LogP) is 2.13. The van der Waals surface area contributed by atoms with E-state index in [1.165, 1.54) is 17.5 Å². The normalized spacial score (nSPS) is 10.8. The number of aromatic nitrogens is 3. The van der Waals surface area contributed by atoms with Crippen LogP contribution < -0.4 is 5.32 Å². The highest BCUT2D eigenvalue weighted by molar-refractivity contribution is 7.17. The van der Waals surface area contributed by atoms with Crippen LogP contribution in [0, 0.1) is 0 Å². The topological polar surface area (TPSA) is 108 Å². The molecule has 0 atom stereocenters. The molecule has 0 aliphatic heterocycles. The van der Waals surface area contributed by atoms with Gasteiger partial charge in [-0.05, 0) is 19.1 Å². The zero-order valence-corrected chi connectivity index (χ0v) is 12.4. The number of amides is 1. The quantitative estimate of drug-likeness (QED) is 0.683. The summed E-state index contributed by atoms with van der Waals surface area (Å²) in [6.07, 6.45) is 2.92. The number of carbonyl (C=O) groups is 2. The maximum absolute atomic E-state index is 11.8. The molecule has 3 heterocycles. The number of nitrogens with zero attached hydrogens (tertiary/aromatic N) is 2. The molecule has 7 nitrogen and oxygen atoms in total. The third kappa shape index (κ3) is 2.44. The maximum Gasteiger partial charge on any atom is 0.339 e. The first-order valence-electron chi connectivity index (χ1n) is 6.56. The minimum Gasteiger partial charge on any atom is -0.478 e. The number of H-pyrrole nitrogens is 1. The molecule has 1 amide bonds. The van der Waals surface area contributed by atoms with Crippen LogP contribution in [0.1, 0.15) is 27.0 Å². The summed E-state index contributed by atoms with van der Waals surface area (Å²) in [6, 6.07) is 3.49. The Labute approximate surface area is 129 Å². The SMILES string of the molecule is CCNC(=O)c1ccc(-c2cnc3[nH]cc(C(=O)O)c3n2)s1. The lowest BCUT2D eigenvalue weighted by Crippen LogP contribution is -2.21. The highest BCUT2D eigenvalue weighted by Crippen LogP contribution is 2.28. The van der Waals surface area contributed by atoms with Crippen LogP contribution in [0.5, 0.6) is 0 Å². The van der Waals surface area contributed by atoms with Crippen molar-refractivity contribution in [3.05, 3.63) is 35.0 Å². The van der Waals surface area contributed by atoms with Gasteiger partial charge in [0.25, 0.3) is 5.91 Å². The number of hydrogen-bond donors (Lipinski definition) is 3. The summed E-state index contributed by atoms with van der Waals surface area (Å²) in [7, 11) is 0. The molecule has 0 saturated heterocycles. The van der Waals surface area contributed by atoms with Crippen molar-refractivity contribution in [3.63, 3.8) is 0 Å². The van der Waals surface area contributed by atoms with Crippen molar-refractivity contribution >= 4 is 34.4 Å². The summed E-state index contributed by atoms with van der Waals surface area (Å²) in [4.78, 5) is 35.6. The smallest absolute Gasteiger partial charge is 0.339 e. The van der Waals surface area contributed by atoms with Crippen LogP contribution in [0.15, 0.2) is 24.5 Å². The lowest BCUT2D eigenvalue weighted by Gasteiger charge is -1.98. The molecule has 0 bridgehead atoms. The van der Waals surface area contributed by atoms with Crippen LogP contribution in [0.3, 0.4) is 0 Å². The van der Waals surface area contributed by atoms with Crippen LogP contribution in [0.4, 0.5) is 0 Å². The largest absolute Gasteiger partial charge is 0.478 e. The van der Waals surface area contributed by atoms with E-state index < -0.39 is 5.97 Å². The third-order valence-electron chi connectivity index (χ3n) is 3.03. The molecule has 0 radical (unpaired) electrons. The molecule has 3 aromatic rings. The maximum atomic E-state index is 11.8. The van der Waals surface area contributed by atoms with Gasteiger partial charge in [-0.25, -0.2) is 14.8 Å². The van der Waals surface area contributed by atoms with Gasteiger partial charge in [0.05, 0.1) is 21.6 Å². The zero-order chi connectivity index (χ0) is 15.7. The number of hydrogen-bond acceptors (Lipinski definition) is 5. The summed E-state index contributed by atoms with van der Waals surface area (Å²) in [5, 5.41) is 11.9. The minimum atomic E-state index is -1.06. The average molecular weight is 316 g/mol. The fourth-order valence-corrected chi connectivity index (χ4v) is 2.90. The first-order valence-corrected chi connectivity index (χ1v) is 7.37. The Morgan fingerprint density at radius 3 is 2.95 bits per heavy atom. The first-order chi connectivity index (χ1) is 10.6. The van der Waals surface area contributed by atoms with Gasteiger partial charge in [-0.2, -0.15) is 0 Å². The van der Waals surface area contributed by atoms with E-state index in [0.29, 0.717) is 28.3 Å². The van der Waals surface area contributed by atoms with Crippen LogP contribution in [0.25, 0.3) is 21.7 Å². The van der Waals surface area contributed by atoms with Gasteiger partial charge in [-0.1, -0.05) is 0 Å². The van der Waals surface area contributed by atoms with Crippen molar-refractivity contribution in [2.75, 3.05) is 6.54 Å². The predicted molar refractivity (Wildman–Crippen MR) is 82.2 cm³/mol. The second kappa shape index (κ2) is 5.57. The van der Waals surface area contributed by atoms with E-state index in [2.05, 4.69) is 20.3 Å². The second-order valence-corrected chi connectivity index (χ2v) is 5.57. The van der Waals surface area contributed by atoms with Crippen molar-refractivity contribution in [2.45, 2.75) is 6.92 Å². The molecule has 0 aromatic carbocycles. The summed E-state index contributed by atoms with van der Waals surface area (Å²) >= 11 is 1.29. The van der Waals surface area contributed by atoms with Gasteiger partial charge in [0.2, 0.25) is 0 Å². The highest BCUT2D eigenvalue weighted by atomic mass is 32.1. The Bertz CT molecular complexity index is 868. The van der Waals surface area contributed by atoms with Crippen LogP contribution in [-0.4, -0.2) is 38.5 Å². The molecule has 3 rings (SSSR count). The number of carboxylic acid groups (broad SMARTS) is 1. The van der Waals surface area contributed by atoms with Gasteiger partial charge in [-0.3, -0.25) is 4.79 Å². The number of nitrogens with one attached hydrogen (secondary N) is 2. The Morgan fingerprint density at radius 2 is 2.23 bits per heavy atom. The molecule has 8 heteroatoms. The van der Waals surface area contributed by atoms with Crippen LogP contribution in [0.2, 0.25) is 0 Å². The first kappa shape index (κ1) is 14.2. The zero-order valence-electron chi connectivity index (χ0n) is 11.6. The molecular weight excluding hydrogens is 304 g/mol. The molecule has 22 heavy (non-hydrogen) atoms. The van der Waals surface area contributed by atoms with Gasteiger partial charge < -0.3 is 15.4 Å². The molecule has 0 saturated carbocycles. The molecule has 3 aromatic heterocycles. The van der Waals surface area contributed by atoms with Crippen molar-refractivity contribution in [3.8, 4) is 10.6 Å². The number of fused-ring (bicyclic) bond motifs is 1. The Morgan fingerprint density at radius 1 is 1.41 bits per heavy atom. The molecule has 0 aliphatic rings. The van der Waals surface area contributed by atoms with Gasteiger partial charge in [-0.15, -0.1) is 11.3 Å². The number of thiophene rings is 1. The van der Waals surface area contributed by atoms with Crippen LogP contribution >= 0.6 is 11.3 Å². The minimum absolute atomic E-state index is 0.0739. The van der Waals surface area contributed by atoms with Gasteiger partial charge in [0.1, 0.15) is 11.1 Å². The summed E-state index contributed by atoms with van der Waals surface area (Å²) in [5.74, 6) is -1.20. The van der Waals surface area contributed by atoms with E-state index >= 15 is 0 Å². The van der Waals surface area contributed by atoms with E-state index in [0.717, 1.165) is 4.88 Å². The summed E-state index contributed by atoms with van der Waals surface area (Å²) < 4.78 is 0. The summed E-state index contributed by atoms with van der Waals surface area (Å²) in [6.45, 7) is 2.41. The standard InChI is InChI=1S/C14H12N4O3S/c1-2-15-13(19)10-4-3-9(22-10)8-6-17-12-11(18-8)7(5-16-12)14(20)21/h3-6H,2H2,1H3,(H,15,19)(H,16,17)(H,20,21). The lowest BCUT2D eigenvalue weighted by molar-refractivity contribution is 0.0698. The van der Waals surface area contributed by atoms with Crippen molar-refractivity contribution in [1.82, 2.24) is 20.3 Å². The van der Waals surface area contributed by atoms with E-state index in [-0.39, 0.29) is 11.5 Å². The monoisotopic (exact) mass is 316 g/mol. The molecule has 112 valence electrons. The molecule has 0 unspecified atom stereocenters. The Hall–Kier alpha value is -2.74. The number of carboxylic acids is 1. The number of rotatable bonds is 4. The fraction of sp³-hybridized carbons (Fsp3) is 0.143. The second-order valence-electron chi connectivity index (χ2n) is 4.48. The number of aromatic carboxylic acids is 1. The third-order valence-corrected chi connectivity index (χ3v) is 4.14. The lowest BCUT2D eigenvalue weighted by atomic mass is 10.3. The van der Waals surface area contributed by atoms with Gasteiger partial charge >= 0.3 is 5.97 Å². The van der Waals surface area contributed by atoms with Gasteiger partial charge in [0, 0.05) is 12.7 Å². The van der Waals surface area contributed by atoms with E-state index in [1.54, 1.807) is 18.3 Å². The van der Waals surface area contributed by atoms with Crippen molar-refractivity contribution in [2.24, 2.45) is 0 Å². The molecule has 0 aliphatic carbocycles. The highest BCUT2D eigenvalue weighted by Gasteiger charge is 2.15. The van der Waals surface area contributed by atoms with E-state index in [9.17, 15) is 9.59 Å². The van der Waals surface area contributed by atoms with Crippen LogP contribution in [-0.2, 0) is 0 Å². The fourth-order valence-electron chi connectivity index (χ4n) is 2.02. The van der Waals surface area contributed by atoms with E-state index in [1.807, 2.05) is 6.92 Å². The van der Waals surface area contributed by atoms with Crippen molar-refractivity contribution in [1.29, 1.82) is 0 Å². The summed E-state index contributed by atoms with van der Waals surface area (Å²) in [5.41, 5.74) is 1.33. The number of aromatic amines is 1. The van der Waals surface area contributed by atoms with Gasteiger partial charge in [0.15, 0.2) is 5.65 Å². The molecule has 0 spiro atoms. The number of carbonyl (C=O) groups excluding carboxylic acids is 1. The molecular formula is C14H12N4O3S. The Kier molecular flexibility index (Phi) is 3.60. The Balaban J connectivity index is 2.01. The van der Waals surface area contributed by atoms with Crippen molar-refractivity contribution < 1.29 is 14.7 Å². The average Bonchev–Trinajstić information content (AvgIpc) is 3.13. The molecule has 0 fully saturated rings. The van der Waals surface area contributed by atoms with E-state index in [4.69, 9.17) is 5.11 Å².